The van der Waals surface area contributed by atoms with Gasteiger partial charge in [0.2, 0.25) is 10.0 Å². The first-order valence-electron chi connectivity index (χ1n) is 9.27. The number of rotatable bonds is 4. The maximum Gasteiger partial charge on any atom is 0.416 e. The smallest absolute Gasteiger partial charge is 0.233 e. The highest BCUT2D eigenvalue weighted by atomic mass is 32.2. The molecule has 0 saturated heterocycles. The molecule has 0 aliphatic rings. The third-order valence-corrected chi connectivity index (χ3v) is 7.20. The van der Waals surface area contributed by atoms with Crippen LogP contribution in [0.1, 0.15) is 11.3 Å². The van der Waals surface area contributed by atoms with Crippen molar-refractivity contribution in [1.82, 2.24) is 9.97 Å². The highest BCUT2D eigenvalue weighted by Crippen LogP contribution is 2.33. The Balaban J connectivity index is 1.71. The third kappa shape index (κ3) is 4.72. The summed E-state index contributed by atoms with van der Waals surface area (Å²) in [6.45, 7) is 1.78. The Morgan fingerprint density at radius 1 is 0.875 bits per heavy atom. The second-order valence-corrected chi connectivity index (χ2v) is 9.91. The number of benzene rings is 2. The number of hydrogen-bond donors (Lipinski definition) is 1. The van der Waals surface area contributed by atoms with Crippen LogP contribution in [-0.4, -0.2) is 18.4 Å². The molecule has 0 radical (unpaired) electrons. The van der Waals surface area contributed by atoms with Gasteiger partial charge in [0.15, 0.2) is 5.82 Å². The molecule has 0 aliphatic heterocycles. The maximum absolute atomic E-state index is 12.9. The monoisotopic (exact) mass is 475 g/mol. The summed E-state index contributed by atoms with van der Waals surface area (Å²) in [5, 5.41) is 5.19. The van der Waals surface area contributed by atoms with Crippen LogP contribution in [0.5, 0.6) is 0 Å². The summed E-state index contributed by atoms with van der Waals surface area (Å²) in [5.74, 6) is 0.407. The number of nitrogens with zero attached hydrogens (tertiary/aromatic N) is 2. The van der Waals surface area contributed by atoms with E-state index in [0.29, 0.717) is 33.2 Å². The summed E-state index contributed by atoms with van der Waals surface area (Å²) >= 11 is 1.06. The number of sulfonamides is 1. The first kappa shape index (κ1) is 22.1. The Morgan fingerprint density at radius 2 is 1.56 bits per heavy atom. The maximum atomic E-state index is 12.9. The topological polar surface area (TPSA) is 85.9 Å². The Morgan fingerprint density at radius 3 is 2.19 bits per heavy atom. The molecule has 4 rings (SSSR count). The molecule has 0 aliphatic carbocycles. The summed E-state index contributed by atoms with van der Waals surface area (Å²) in [5.41, 5.74) is 2.42. The second-order valence-electron chi connectivity index (χ2n) is 7.04. The Kier molecular flexibility index (Phi) is 5.61. The summed E-state index contributed by atoms with van der Waals surface area (Å²) in [6.07, 6.45) is -4.41. The summed E-state index contributed by atoms with van der Waals surface area (Å²) in [4.78, 5) is 9.72. The van der Waals surface area contributed by atoms with Gasteiger partial charge >= 0.3 is 6.18 Å². The quantitative estimate of drug-likeness (QED) is 0.422. The molecule has 164 valence electrons. The van der Waals surface area contributed by atoms with E-state index in [1.807, 2.05) is 18.2 Å². The fraction of sp³-hybridized carbons (Fsp3) is 0.0909. The van der Waals surface area contributed by atoms with Crippen LogP contribution >= 0.6 is 11.3 Å². The zero-order valence-corrected chi connectivity index (χ0v) is 18.2. The zero-order valence-electron chi connectivity index (χ0n) is 16.6. The van der Waals surface area contributed by atoms with Gasteiger partial charge in [0, 0.05) is 21.7 Å². The van der Waals surface area contributed by atoms with Gasteiger partial charge in [0.25, 0.3) is 0 Å². The van der Waals surface area contributed by atoms with Crippen molar-refractivity contribution in [2.24, 2.45) is 5.14 Å². The fourth-order valence-electron chi connectivity index (χ4n) is 3.12. The molecular formula is C22H16F3N3O2S2. The van der Waals surface area contributed by atoms with Crippen molar-refractivity contribution in [1.29, 1.82) is 0 Å². The number of hydrogen-bond acceptors (Lipinski definition) is 5. The third-order valence-electron chi connectivity index (χ3n) is 4.63. The van der Waals surface area contributed by atoms with Crippen molar-refractivity contribution in [3.63, 3.8) is 0 Å². The van der Waals surface area contributed by atoms with Gasteiger partial charge in [-0.1, -0.05) is 30.3 Å². The molecule has 0 amide bonds. The van der Waals surface area contributed by atoms with E-state index in [0.717, 1.165) is 29.0 Å². The van der Waals surface area contributed by atoms with E-state index < -0.39 is 21.8 Å². The van der Waals surface area contributed by atoms with Crippen LogP contribution in [0, 0.1) is 6.92 Å². The van der Waals surface area contributed by atoms with Crippen molar-refractivity contribution in [3.8, 4) is 33.1 Å². The lowest BCUT2D eigenvalue weighted by atomic mass is 10.1. The lowest BCUT2D eigenvalue weighted by Crippen LogP contribution is -2.09. The molecule has 0 fully saturated rings. The summed E-state index contributed by atoms with van der Waals surface area (Å²) < 4.78 is 61.7. The normalized spacial score (nSPS) is 12.2. The van der Waals surface area contributed by atoms with Crippen LogP contribution in [0.25, 0.3) is 33.1 Å². The van der Waals surface area contributed by atoms with Crippen LogP contribution in [0.2, 0.25) is 0 Å². The molecule has 0 saturated carbocycles. The van der Waals surface area contributed by atoms with Gasteiger partial charge in [0.05, 0.1) is 11.3 Å². The van der Waals surface area contributed by atoms with E-state index in [1.165, 1.54) is 18.2 Å². The lowest BCUT2D eigenvalue weighted by Gasteiger charge is -2.10. The minimum atomic E-state index is -4.41. The van der Waals surface area contributed by atoms with Crippen LogP contribution in [0.4, 0.5) is 13.2 Å². The molecule has 2 heterocycles. The Labute approximate surface area is 186 Å². The highest BCUT2D eigenvalue weighted by molar-refractivity contribution is 7.91. The molecule has 2 N–H and O–H groups in total. The molecule has 2 aromatic heterocycles. The highest BCUT2D eigenvalue weighted by Gasteiger charge is 2.30. The minimum Gasteiger partial charge on any atom is -0.233 e. The van der Waals surface area contributed by atoms with E-state index in [1.54, 1.807) is 25.1 Å². The van der Waals surface area contributed by atoms with Crippen LogP contribution < -0.4 is 5.14 Å². The minimum absolute atomic E-state index is 0.0642. The van der Waals surface area contributed by atoms with Crippen molar-refractivity contribution < 1.29 is 21.6 Å². The molecule has 2 aromatic carbocycles. The van der Waals surface area contributed by atoms with Crippen molar-refractivity contribution >= 4 is 21.4 Å². The molecule has 0 bridgehead atoms. The molecule has 0 spiro atoms. The zero-order chi connectivity index (χ0) is 23.1. The number of nitrogens with two attached hydrogens (primary N) is 1. The average Bonchev–Trinajstić information content (AvgIpc) is 3.24. The predicted octanol–water partition coefficient (Wildman–Crippen LogP) is 5.51. The number of aryl methyl sites for hydroxylation is 1. The van der Waals surface area contributed by atoms with Crippen LogP contribution in [0.15, 0.2) is 70.9 Å². The van der Waals surface area contributed by atoms with Gasteiger partial charge in [-0.05, 0) is 48.9 Å². The molecule has 0 atom stereocenters. The number of primary sulfonamides is 1. The predicted molar refractivity (Wildman–Crippen MR) is 117 cm³/mol. The lowest BCUT2D eigenvalue weighted by molar-refractivity contribution is -0.137. The van der Waals surface area contributed by atoms with Crippen LogP contribution in [0.3, 0.4) is 0 Å². The number of thiophene rings is 1. The molecule has 0 unspecified atom stereocenters. The Bertz CT molecular complexity index is 1400. The fourth-order valence-corrected chi connectivity index (χ4v) is 4.84. The molecular weight excluding hydrogens is 459 g/mol. The van der Waals surface area contributed by atoms with Gasteiger partial charge in [-0.3, -0.25) is 0 Å². The van der Waals surface area contributed by atoms with Crippen molar-refractivity contribution in [3.05, 3.63) is 78.0 Å². The van der Waals surface area contributed by atoms with Crippen LogP contribution in [-0.2, 0) is 16.2 Å². The van der Waals surface area contributed by atoms with E-state index in [9.17, 15) is 21.6 Å². The van der Waals surface area contributed by atoms with Gasteiger partial charge in [-0.15, -0.1) is 11.3 Å². The molecule has 4 aromatic rings. The molecule has 32 heavy (non-hydrogen) atoms. The number of aromatic nitrogens is 2. The van der Waals surface area contributed by atoms with E-state index in [4.69, 9.17) is 5.14 Å². The number of alkyl halides is 3. The molecule has 10 heteroatoms. The standard InChI is InChI=1S/C22H16F3N3O2S2/c1-13-11-18(14-5-7-17(8-6-14)22(23,24)25)28-21(27-13)16-4-2-3-15(12-16)19-9-10-20(31-19)32(26,29)30/h2-12H,1H3,(H2,26,29,30). The van der Waals surface area contributed by atoms with Crippen molar-refractivity contribution in [2.45, 2.75) is 17.3 Å². The van der Waals surface area contributed by atoms with E-state index >= 15 is 0 Å². The van der Waals surface area contributed by atoms with Gasteiger partial charge in [-0.2, -0.15) is 13.2 Å². The van der Waals surface area contributed by atoms with E-state index in [2.05, 4.69) is 9.97 Å². The summed E-state index contributed by atoms with van der Waals surface area (Å²) in [6, 6.07) is 16.9. The Hall–Kier alpha value is -3.08. The number of halogens is 3. The molecule has 5 nitrogen and oxygen atoms in total. The SMILES string of the molecule is Cc1cc(-c2ccc(C(F)(F)F)cc2)nc(-c2cccc(-c3ccc(S(N)(=O)=O)s3)c2)n1. The van der Waals surface area contributed by atoms with E-state index in [-0.39, 0.29) is 4.21 Å². The average molecular weight is 476 g/mol. The first-order chi connectivity index (χ1) is 15.0. The van der Waals surface area contributed by atoms with Gasteiger partial charge in [-0.25, -0.2) is 23.5 Å². The largest absolute Gasteiger partial charge is 0.416 e. The summed E-state index contributed by atoms with van der Waals surface area (Å²) in [7, 11) is -3.78. The van der Waals surface area contributed by atoms with Gasteiger partial charge in [0.1, 0.15) is 4.21 Å². The van der Waals surface area contributed by atoms with Gasteiger partial charge < -0.3 is 0 Å². The second kappa shape index (κ2) is 8.12. The first-order valence-corrected chi connectivity index (χ1v) is 11.6. The van der Waals surface area contributed by atoms with Crippen molar-refractivity contribution in [2.75, 3.05) is 0 Å².